The summed E-state index contributed by atoms with van der Waals surface area (Å²) in [6, 6.07) is -0.00794. The van der Waals surface area contributed by atoms with Crippen molar-refractivity contribution in [3.8, 4) is 0 Å². The third kappa shape index (κ3) is 2.95. The van der Waals surface area contributed by atoms with Crippen molar-refractivity contribution in [3.05, 3.63) is 0 Å². The van der Waals surface area contributed by atoms with Crippen molar-refractivity contribution in [3.63, 3.8) is 0 Å². The van der Waals surface area contributed by atoms with Gasteiger partial charge in [-0.2, -0.15) is 0 Å². The van der Waals surface area contributed by atoms with Crippen LogP contribution in [0.5, 0.6) is 0 Å². The Kier molecular flexibility index (Phi) is 4.18. The van der Waals surface area contributed by atoms with E-state index in [0.717, 1.165) is 32.3 Å². The average Bonchev–Trinajstić information content (AvgIpc) is 2.79. The van der Waals surface area contributed by atoms with Crippen LogP contribution in [0, 0.1) is 5.92 Å². The second-order valence-electron chi connectivity index (χ2n) is 4.94. The van der Waals surface area contributed by atoms with Crippen LogP contribution >= 0.6 is 0 Å². The Morgan fingerprint density at radius 1 is 1.25 bits per heavy atom. The first-order valence-corrected chi connectivity index (χ1v) is 6.34. The summed E-state index contributed by atoms with van der Waals surface area (Å²) in [5.41, 5.74) is 0. The van der Waals surface area contributed by atoms with Crippen molar-refractivity contribution in [1.29, 1.82) is 0 Å². The summed E-state index contributed by atoms with van der Waals surface area (Å²) in [6.45, 7) is 1.38. The fraction of sp³-hybridized carbons (Fsp3) is 0.917. The van der Waals surface area contributed by atoms with Crippen molar-refractivity contribution >= 4 is 5.97 Å². The molecule has 4 heteroatoms. The lowest BCUT2D eigenvalue weighted by Gasteiger charge is -2.30. The van der Waals surface area contributed by atoms with Gasteiger partial charge in [0.2, 0.25) is 0 Å². The molecule has 4 nitrogen and oxygen atoms in total. The van der Waals surface area contributed by atoms with Gasteiger partial charge in [0.25, 0.3) is 0 Å². The summed E-state index contributed by atoms with van der Waals surface area (Å²) < 4.78 is 5.37. The SMILES string of the molecule is O=C(O)C(NC1CCCC1)C1CCCOC1. The van der Waals surface area contributed by atoms with Gasteiger partial charge in [0.05, 0.1) is 6.61 Å². The van der Waals surface area contributed by atoms with Gasteiger partial charge in [-0.25, -0.2) is 0 Å². The van der Waals surface area contributed by atoms with Gasteiger partial charge in [0, 0.05) is 18.6 Å². The average molecular weight is 227 g/mol. The summed E-state index contributed by atoms with van der Waals surface area (Å²) in [7, 11) is 0. The van der Waals surface area contributed by atoms with E-state index in [-0.39, 0.29) is 5.92 Å². The standard InChI is InChI=1S/C12H21NO3/c14-12(15)11(9-4-3-7-16-8-9)13-10-5-1-2-6-10/h9-11,13H,1-8H2,(H,14,15). The fourth-order valence-electron chi connectivity index (χ4n) is 2.78. The number of rotatable bonds is 4. The van der Waals surface area contributed by atoms with E-state index in [1.807, 2.05) is 0 Å². The predicted octanol–water partition coefficient (Wildman–Crippen LogP) is 1.40. The lowest BCUT2D eigenvalue weighted by Crippen LogP contribution is -2.49. The first kappa shape index (κ1) is 11.9. The van der Waals surface area contributed by atoms with E-state index in [4.69, 9.17) is 4.74 Å². The van der Waals surface area contributed by atoms with Crippen LogP contribution in [0.3, 0.4) is 0 Å². The second-order valence-corrected chi connectivity index (χ2v) is 4.94. The number of hydrogen-bond acceptors (Lipinski definition) is 3. The zero-order chi connectivity index (χ0) is 11.4. The van der Waals surface area contributed by atoms with Crippen LogP contribution in [0.15, 0.2) is 0 Å². The van der Waals surface area contributed by atoms with Crippen LogP contribution < -0.4 is 5.32 Å². The lowest BCUT2D eigenvalue weighted by molar-refractivity contribution is -0.142. The Balaban J connectivity index is 1.90. The first-order chi connectivity index (χ1) is 7.77. The van der Waals surface area contributed by atoms with Crippen molar-refractivity contribution in [1.82, 2.24) is 5.32 Å². The largest absolute Gasteiger partial charge is 0.480 e. The molecule has 1 saturated heterocycles. The number of aliphatic carboxylic acids is 1. The van der Waals surface area contributed by atoms with Crippen LogP contribution in [0.25, 0.3) is 0 Å². The van der Waals surface area contributed by atoms with E-state index in [1.54, 1.807) is 0 Å². The molecule has 2 unspecified atom stereocenters. The highest BCUT2D eigenvalue weighted by Gasteiger charge is 2.32. The van der Waals surface area contributed by atoms with Crippen LogP contribution in [-0.2, 0) is 9.53 Å². The van der Waals surface area contributed by atoms with E-state index in [0.29, 0.717) is 12.6 Å². The van der Waals surface area contributed by atoms with Crippen LogP contribution in [0.2, 0.25) is 0 Å². The van der Waals surface area contributed by atoms with Crippen LogP contribution in [0.1, 0.15) is 38.5 Å². The van der Waals surface area contributed by atoms with Gasteiger partial charge in [-0.15, -0.1) is 0 Å². The molecular formula is C12H21NO3. The van der Waals surface area contributed by atoms with Gasteiger partial charge in [0.15, 0.2) is 0 Å². The number of hydrogen-bond donors (Lipinski definition) is 2. The van der Waals surface area contributed by atoms with E-state index in [2.05, 4.69) is 5.32 Å². The minimum atomic E-state index is -0.720. The Labute approximate surface area is 96.4 Å². The van der Waals surface area contributed by atoms with E-state index in [1.165, 1.54) is 12.8 Å². The molecule has 2 aliphatic rings. The van der Waals surface area contributed by atoms with Crippen LogP contribution in [0.4, 0.5) is 0 Å². The number of carboxylic acids is 1. The highest BCUT2D eigenvalue weighted by molar-refractivity contribution is 5.74. The Morgan fingerprint density at radius 3 is 2.56 bits per heavy atom. The molecule has 0 aromatic carbocycles. The summed E-state index contributed by atoms with van der Waals surface area (Å²) in [5.74, 6) is -0.575. The number of nitrogens with one attached hydrogen (secondary N) is 1. The van der Waals surface area contributed by atoms with E-state index < -0.39 is 12.0 Å². The molecule has 1 aliphatic heterocycles. The molecule has 2 rings (SSSR count). The molecule has 0 aromatic heterocycles. The topological polar surface area (TPSA) is 58.6 Å². The third-order valence-corrected chi connectivity index (χ3v) is 3.70. The first-order valence-electron chi connectivity index (χ1n) is 6.34. The Bertz CT molecular complexity index is 232. The Hall–Kier alpha value is -0.610. The van der Waals surface area contributed by atoms with E-state index >= 15 is 0 Å². The van der Waals surface area contributed by atoms with Crippen LogP contribution in [-0.4, -0.2) is 36.4 Å². The normalized spacial score (nSPS) is 29.1. The molecule has 1 saturated carbocycles. The van der Waals surface area contributed by atoms with Gasteiger partial charge in [-0.1, -0.05) is 12.8 Å². The van der Waals surface area contributed by atoms with Crippen molar-refractivity contribution in [2.75, 3.05) is 13.2 Å². The molecule has 0 radical (unpaired) electrons. The highest BCUT2D eigenvalue weighted by Crippen LogP contribution is 2.22. The number of carbonyl (C=O) groups is 1. The number of carboxylic acid groups (broad SMARTS) is 1. The van der Waals surface area contributed by atoms with E-state index in [9.17, 15) is 9.90 Å². The summed E-state index contributed by atoms with van der Waals surface area (Å²) in [4.78, 5) is 11.3. The van der Waals surface area contributed by atoms with Crippen molar-refractivity contribution in [2.24, 2.45) is 5.92 Å². The molecule has 92 valence electrons. The molecule has 1 aliphatic carbocycles. The smallest absolute Gasteiger partial charge is 0.321 e. The number of ether oxygens (including phenoxy) is 1. The monoisotopic (exact) mass is 227 g/mol. The van der Waals surface area contributed by atoms with Gasteiger partial charge >= 0.3 is 5.97 Å². The molecule has 2 atom stereocenters. The van der Waals surface area contributed by atoms with Crippen molar-refractivity contribution < 1.29 is 14.6 Å². The maximum Gasteiger partial charge on any atom is 0.321 e. The molecule has 0 aromatic rings. The zero-order valence-electron chi connectivity index (χ0n) is 9.65. The summed E-state index contributed by atoms with van der Waals surface area (Å²) in [5, 5.41) is 12.6. The summed E-state index contributed by atoms with van der Waals surface area (Å²) >= 11 is 0. The maximum absolute atomic E-state index is 11.3. The van der Waals surface area contributed by atoms with Gasteiger partial charge in [0.1, 0.15) is 6.04 Å². The van der Waals surface area contributed by atoms with Gasteiger partial charge < -0.3 is 15.2 Å². The molecule has 0 bridgehead atoms. The molecule has 1 heterocycles. The minimum Gasteiger partial charge on any atom is -0.480 e. The molecule has 2 N–H and O–H groups in total. The third-order valence-electron chi connectivity index (χ3n) is 3.70. The van der Waals surface area contributed by atoms with Gasteiger partial charge in [-0.3, -0.25) is 4.79 Å². The highest BCUT2D eigenvalue weighted by atomic mass is 16.5. The molecule has 16 heavy (non-hydrogen) atoms. The van der Waals surface area contributed by atoms with Crippen molar-refractivity contribution in [2.45, 2.75) is 50.6 Å². The predicted molar refractivity (Wildman–Crippen MR) is 60.4 cm³/mol. The molecule has 0 spiro atoms. The molecule has 2 fully saturated rings. The molecule has 0 amide bonds. The summed E-state index contributed by atoms with van der Waals surface area (Å²) in [6.07, 6.45) is 6.66. The minimum absolute atomic E-state index is 0.145. The quantitative estimate of drug-likeness (QED) is 0.762. The molecular weight excluding hydrogens is 206 g/mol. The Morgan fingerprint density at radius 2 is 2.00 bits per heavy atom. The zero-order valence-corrected chi connectivity index (χ0v) is 9.65. The maximum atomic E-state index is 11.3. The second kappa shape index (κ2) is 5.64. The fourth-order valence-corrected chi connectivity index (χ4v) is 2.78. The van der Waals surface area contributed by atoms with Gasteiger partial charge in [-0.05, 0) is 25.7 Å². The lowest BCUT2D eigenvalue weighted by atomic mass is 9.93.